The summed E-state index contributed by atoms with van der Waals surface area (Å²) in [5, 5.41) is 3.75. The zero-order chi connectivity index (χ0) is 14.5. The van der Waals surface area contributed by atoms with Crippen molar-refractivity contribution in [1.82, 2.24) is 10.2 Å². The molecule has 0 saturated carbocycles. The highest BCUT2D eigenvalue weighted by atomic mass is 16.5. The Kier molecular flexibility index (Phi) is 5.28. The number of piperazine rings is 1. The second-order valence-electron chi connectivity index (χ2n) is 6.50. The third kappa shape index (κ3) is 3.85. The Hall–Kier alpha value is -0.900. The summed E-state index contributed by atoms with van der Waals surface area (Å²) in [5.41, 5.74) is 1.44. The topological polar surface area (TPSA) is 24.5 Å². The molecule has 2 heterocycles. The van der Waals surface area contributed by atoms with Gasteiger partial charge in [0.15, 0.2) is 0 Å². The molecular formula is C18H28N2O. The summed E-state index contributed by atoms with van der Waals surface area (Å²) in [7, 11) is 0. The number of rotatable bonds is 5. The van der Waals surface area contributed by atoms with Gasteiger partial charge in [0.25, 0.3) is 0 Å². The van der Waals surface area contributed by atoms with Crippen LogP contribution in [0.5, 0.6) is 0 Å². The summed E-state index contributed by atoms with van der Waals surface area (Å²) in [6.45, 7) is 7.60. The van der Waals surface area contributed by atoms with Gasteiger partial charge in [-0.15, -0.1) is 0 Å². The Bertz CT molecular complexity index is 416. The Morgan fingerprint density at radius 1 is 1.29 bits per heavy atom. The minimum Gasteiger partial charge on any atom is -0.381 e. The van der Waals surface area contributed by atoms with Crippen molar-refractivity contribution in [3.63, 3.8) is 0 Å². The van der Waals surface area contributed by atoms with Crippen LogP contribution in [-0.4, -0.2) is 43.8 Å². The SMILES string of the molecule is CCCC1CN(CC2CCOC2)C(c2ccccc2)CN1. The van der Waals surface area contributed by atoms with Crippen LogP contribution in [0.15, 0.2) is 30.3 Å². The molecule has 2 aliphatic rings. The van der Waals surface area contributed by atoms with Crippen LogP contribution in [0.4, 0.5) is 0 Å². The van der Waals surface area contributed by atoms with E-state index in [4.69, 9.17) is 4.74 Å². The average Bonchev–Trinajstić information content (AvgIpc) is 3.02. The summed E-state index contributed by atoms with van der Waals surface area (Å²) < 4.78 is 5.57. The first kappa shape index (κ1) is 15.0. The second-order valence-corrected chi connectivity index (χ2v) is 6.50. The van der Waals surface area contributed by atoms with Crippen LogP contribution < -0.4 is 5.32 Å². The molecule has 116 valence electrons. The molecule has 2 fully saturated rings. The van der Waals surface area contributed by atoms with Gasteiger partial charge in [-0.05, 0) is 24.3 Å². The normalized spacial score (nSPS) is 30.6. The van der Waals surface area contributed by atoms with E-state index in [0.29, 0.717) is 12.1 Å². The van der Waals surface area contributed by atoms with E-state index in [9.17, 15) is 0 Å². The third-order valence-electron chi connectivity index (χ3n) is 4.83. The smallest absolute Gasteiger partial charge is 0.0507 e. The van der Waals surface area contributed by atoms with Gasteiger partial charge in [0.1, 0.15) is 0 Å². The van der Waals surface area contributed by atoms with Crippen molar-refractivity contribution in [3.05, 3.63) is 35.9 Å². The van der Waals surface area contributed by atoms with E-state index < -0.39 is 0 Å². The Morgan fingerprint density at radius 3 is 2.86 bits per heavy atom. The predicted molar refractivity (Wildman–Crippen MR) is 86.4 cm³/mol. The highest BCUT2D eigenvalue weighted by Crippen LogP contribution is 2.27. The van der Waals surface area contributed by atoms with Gasteiger partial charge < -0.3 is 10.1 Å². The molecule has 0 radical (unpaired) electrons. The lowest BCUT2D eigenvalue weighted by Crippen LogP contribution is -2.53. The molecule has 1 aromatic rings. The van der Waals surface area contributed by atoms with Gasteiger partial charge in [-0.2, -0.15) is 0 Å². The molecular weight excluding hydrogens is 260 g/mol. The molecule has 3 rings (SSSR count). The first-order valence-corrected chi connectivity index (χ1v) is 8.47. The van der Waals surface area contributed by atoms with Crippen LogP contribution in [-0.2, 0) is 4.74 Å². The lowest BCUT2D eigenvalue weighted by Gasteiger charge is -2.41. The van der Waals surface area contributed by atoms with Gasteiger partial charge >= 0.3 is 0 Å². The van der Waals surface area contributed by atoms with Crippen molar-refractivity contribution in [3.8, 4) is 0 Å². The maximum Gasteiger partial charge on any atom is 0.0507 e. The van der Waals surface area contributed by atoms with Gasteiger partial charge in [0, 0.05) is 38.3 Å². The summed E-state index contributed by atoms with van der Waals surface area (Å²) in [5.74, 6) is 0.719. The summed E-state index contributed by atoms with van der Waals surface area (Å²) in [4.78, 5) is 2.70. The van der Waals surface area contributed by atoms with Crippen LogP contribution >= 0.6 is 0 Å². The van der Waals surface area contributed by atoms with E-state index in [2.05, 4.69) is 47.5 Å². The molecule has 1 aromatic carbocycles. The summed E-state index contributed by atoms with van der Waals surface area (Å²) >= 11 is 0. The van der Waals surface area contributed by atoms with Crippen molar-refractivity contribution >= 4 is 0 Å². The maximum atomic E-state index is 5.57. The van der Waals surface area contributed by atoms with Gasteiger partial charge in [-0.3, -0.25) is 4.90 Å². The van der Waals surface area contributed by atoms with E-state index in [1.165, 1.54) is 37.9 Å². The fourth-order valence-electron chi connectivity index (χ4n) is 3.69. The molecule has 2 saturated heterocycles. The highest BCUT2D eigenvalue weighted by molar-refractivity contribution is 5.20. The lowest BCUT2D eigenvalue weighted by molar-refractivity contribution is 0.0989. The van der Waals surface area contributed by atoms with Crippen LogP contribution in [0.1, 0.15) is 37.8 Å². The van der Waals surface area contributed by atoms with E-state index >= 15 is 0 Å². The van der Waals surface area contributed by atoms with Gasteiger partial charge in [-0.25, -0.2) is 0 Å². The zero-order valence-corrected chi connectivity index (χ0v) is 13.1. The minimum atomic E-state index is 0.514. The zero-order valence-electron chi connectivity index (χ0n) is 13.1. The molecule has 3 heteroatoms. The average molecular weight is 288 g/mol. The molecule has 3 atom stereocenters. The standard InChI is InChI=1S/C18H28N2O/c1-2-6-17-13-20(12-15-9-10-21-14-15)18(11-19-17)16-7-4-3-5-8-16/h3-5,7-8,15,17-19H,2,6,9-14H2,1H3. The lowest BCUT2D eigenvalue weighted by atomic mass is 9.97. The third-order valence-corrected chi connectivity index (χ3v) is 4.83. The van der Waals surface area contributed by atoms with E-state index in [1.54, 1.807) is 0 Å². The van der Waals surface area contributed by atoms with Crippen LogP contribution in [0, 0.1) is 5.92 Å². The molecule has 0 aliphatic carbocycles. The number of benzene rings is 1. The van der Waals surface area contributed by atoms with E-state index in [0.717, 1.165) is 25.7 Å². The molecule has 3 nitrogen and oxygen atoms in total. The minimum absolute atomic E-state index is 0.514. The van der Waals surface area contributed by atoms with Gasteiger partial charge in [-0.1, -0.05) is 43.7 Å². The Labute approximate surface area is 128 Å². The van der Waals surface area contributed by atoms with Crippen molar-refractivity contribution < 1.29 is 4.74 Å². The summed E-state index contributed by atoms with van der Waals surface area (Å²) in [6, 6.07) is 12.1. The number of ether oxygens (including phenoxy) is 1. The quantitative estimate of drug-likeness (QED) is 0.901. The molecule has 3 unspecified atom stereocenters. The van der Waals surface area contributed by atoms with Gasteiger partial charge in [0.05, 0.1) is 6.61 Å². The Morgan fingerprint density at radius 2 is 2.14 bits per heavy atom. The van der Waals surface area contributed by atoms with Crippen molar-refractivity contribution in [2.24, 2.45) is 5.92 Å². The molecule has 0 bridgehead atoms. The first-order chi connectivity index (χ1) is 10.4. The Balaban J connectivity index is 1.70. The van der Waals surface area contributed by atoms with Crippen LogP contribution in [0.3, 0.4) is 0 Å². The van der Waals surface area contributed by atoms with Crippen LogP contribution in [0.25, 0.3) is 0 Å². The molecule has 0 amide bonds. The van der Waals surface area contributed by atoms with Crippen molar-refractivity contribution in [2.45, 2.75) is 38.3 Å². The van der Waals surface area contributed by atoms with E-state index in [1.807, 2.05) is 0 Å². The van der Waals surface area contributed by atoms with Crippen molar-refractivity contribution in [1.29, 1.82) is 0 Å². The first-order valence-electron chi connectivity index (χ1n) is 8.47. The van der Waals surface area contributed by atoms with Crippen LogP contribution in [0.2, 0.25) is 0 Å². The number of hydrogen-bond acceptors (Lipinski definition) is 3. The molecule has 0 spiro atoms. The van der Waals surface area contributed by atoms with Gasteiger partial charge in [0.2, 0.25) is 0 Å². The molecule has 21 heavy (non-hydrogen) atoms. The number of nitrogens with zero attached hydrogens (tertiary/aromatic N) is 1. The molecule has 1 N–H and O–H groups in total. The van der Waals surface area contributed by atoms with Crippen molar-refractivity contribution in [2.75, 3.05) is 32.8 Å². The number of hydrogen-bond donors (Lipinski definition) is 1. The largest absolute Gasteiger partial charge is 0.381 e. The monoisotopic (exact) mass is 288 g/mol. The predicted octanol–water partition coefficient (Wildman–Crippen LogP) is 2.84. The second kappa shape index (κ2) is 7.39. The molecule has 0 aromatic heterocycles. The fourth-order valence-corrected chi connectivity index (χ4v) is 3.69. The van der Waals surface area contributed by atoms with E-state index in [-0.39, 0.29) is 0 Å². The number of nitrogens with one attached hydrogen (secondary N) is 1. The fraction of sp³-hybridized carbons (Fsp3) is 0.667. The maximum absolute atomic E-state index is 5.57. The molecule has 2 aliphatic heterocycles. The highest BCUT2D eigenvalue weighted by Gasteiger charge is 2.31. The summed E-state index contributed by atoms with van der Waals surface area (Å²) in [6.07, 6.45) is 3.76.